The molecule has 4 heterocycles. The van der Waals surface area contributed by atoms with Crippen molar-refractivity contribution in [2.45, 2.75) is 26.7 Å². The normalized spacial score (nSPS) is 19.2. The van der Waals surface area contributed by atoms with Gasteiger partial charge < -0.3 is 18.9 Å². The van der Waals surface area contributed by atoms with E-state index in [4.69, 9.17) is 9.47 Å². The number of thioether (sulfide) groups is 1. The number of carbonyl (C=O) groups is 3. The fourth-order valence-electron chi connectivity index (χ4n) is 4.48. The summed E-state index contributed by atoms with van der Waals surface area (Å²) in [7, 11) is 0. The van der Waals surface area contributed by atoms with Crippen molar-refractivity contribution in [1.82, 2.24) is 14.4 Å². The van der Waals surface area contributed by atoms with Crippen LogP contribution in [-0.4, -0.2) is 64.3 Å². The summed E-state index contributed by atoms with van der Waals surface area (Å²) >= 11 is 0.881. The van der Waals surface area contributed by atoms with Crippen LogP contribution in [0, 0.1) is 13.8 Å². The summed E-state index contributed by atoms with van der Waals surface area (Å²) in [6, 6.07) is 7.78. The minimum absolute atomic E-state index is 0.173. The smallest absolute Gasteiger partial charge is 0.294 e. The third-order valence-electron chi connectivity index (χ3n) is 6.17. The standard InChI is InChI=1S/C24H25N3O5S/c1-15-11-17(16(2)27(15)18-5-6-19-20(13-18)32-10-9-31-19)12-21-23(29)26(24(30)33-21)14-22(28)25-7-3-4-8-25/h5-6,11-13H,3-4,7-10,14H2,1-2H3/b21-12-. The summed E-state index contributed by atoms with van der Waals surface area (Å²) in [6.07, 6.45) is 3.67. The highest BCUT2D eigenvalue weighted by atomic mass is 32.2. The predicted octanol–water partition coefficient (Wildman–Crippen LogP) is 3.52. The van der Waals surface area contributed by atoms with Crippen LogP contribution in [0.3, 0.4) is 0 Å². The predicted molar refractivity (Wildman–Crippen MR) is 125 cm³/mol. The zero-order valence-electron chi connectivity index (χ0n) is 18.6. The van der Waals surface area contributed by atoms with Gasteiger partial charge in [0.15, 0.2) is 11.5 Å². The maximum atomic E-state index is 12.9. The lowest BCUT2D eigenvalue weighted by Gasteiger charge is -2.20. The number of nitrogens with zero attached hydrogens (tertiary/aromatic N) is 3. The molecule has 2 fully saturated rings. The molecule has 1 aromatic heterocycles. The summed E-state index contributed by atoms with van der Waals surface area (Å²) in [5.74, 6) is 0.843. The van der Waals surface area contributed by atoms with E-state index in [0.717, 1.165) is 57.9 Å². The van der Waals surface area contributed by atoms with Crippen molar-refractivity contribution in [2.75, 3.05) is 32.8 Å². The monoisotopic (exact) mass is 467 g/mol. The van der Waals surface area contributed by atoms with E-state index < -0.39 is 11.1 Å². The molecule has 3 aliphatic heterocycles. The Morgan fingerprint density at radius 2 is 1.79 bits per heavy atom. The van der Waals surface area contributed by atoms with E-state index in [-0.39, 0.29) is 12.5 Å². The molecule has 0 saturated carbocycles. The van der Waals surface area contributed by atoms with Gasteiger partial charge >= 0.3 is 0 Å². The molecule has 2 aromatic rings. The van der Waals surface area contributed by atoms with Gasteiger partial charge in [-0.15, -0.1) is 0 Å². The highest BCUT2D eigenvalue weighted by molar-refractivity contribution is 8.18. The Labute approximate surface area is 196 Å². The molecular weight excluding hydrogens is 442 g/mol. The van der Waals surface area contributed by atoms with E-state index in [9.17, 15) is 14.4 Å². The van der Waals surface area contributed by atoms with E-state index in [1.807, 2.05) is 38.1 Å². The lowest BCUT2D eigenvalue weighted by atomic mass is 10.2. The van der Waals surface area contributed by atoms with Gasteiger partial charge in [-0.1, -0.05) is 0 Å². The van der Waals surface area contributed by atoms with Crippen molar-refractivity contribution in [3.63, 3.8) is 0 Å². The molecule has 9 heteroatoms. The molecule has 0 atom stereocenters. The zero-order chi connectivity index (χ0) is 23.1. The van der Waals surface area contributed by atoms with Crippen molar-refractivity contribution in [1.29, 1.82) is 0 Å². The number of hydrogen-bond donors (Lipinski definition) is 0. The van der Waals surface area contributed by atoms with Crippen molar-refractivity contribution >= 4 is 34.9 Å². The van der Waals surface area contributed by atoms with Crippen LogP contribution in [-0.2, 0) is 9.59 Å². The van der Waals surface area contributed by atoms with Crippen LogP contribution in [0.25, 0.3) is 11.8 Å². The highest BCUT2D eigenvalue weighted by Gasteiger charge is 2.37. The average Bonchev–Trinajstić information content (AvgIpc) is 3.50. The Morgan fingerprint density at radius 3 is 2.55 bits per heavy atom. The number of imide groups is 1. The van der Waals surface area contributed by atoms with Crippen molar-refractivity contribution in [3.8, 4) is 17.2 Å². The molecule has 8 nitrogen and oxygen atoms in total. The Morgan fingerprint density at radius 1 is 1.06 bits per heavy atom. The number of amides is 3. The summed E-state index contributed by atoms with van der Waals surface area (Å²) in [6.45, 7) is 6.20. The maximum Gasteiger partial charge on any atom is 0.294 e. The lowest BCUT2D eigenvalue weighted by Crippen LogP contribution is -2.40. The molecule has 5 rings (SSSR count). The Balaban J connectivity index is 1.39. The van der Waals surface area contributed by atoms with Crippen LogP contribution in [0.1, 0.15) is 29.8 Å². The maximum absolute atomic E-state index is 12.9. The van der Waals surface area contributed by atoms with Crippen LogP contribution >= 0.6 is 11.8 Å². The van der Waals surface area contributed by atoms with Crippen molar-refractivity contribution < 1.29 is 23.9 Å². The van der Waals surface area contributed by atoms with E-state index in [1.165, 1.54) is 0 Å². The number of likely N-dealkylation sites (tertiary alicyclic amines) is 1. The van der Waals surface area contributed by atoms with Gasteiger partial charge in [0, 0.05) is 36.2 Å². The van der Waals surface area contributed by atoms with Crippen molar-refractivity contribution in [3.05, 3.63) is 46.1 Å². The number of fused-ring (bicyclic) bond motifs is 1. The quantitative estimate of drug-likeness (QED) is 0.640. The molecule has 33 heavy (non-hydrogen) atoms. The van der Waals surface area contributed by atoms with Crippen LogP contribution < -0.4 is 9.47 Å². The second-order valence-electron chi connectivity index (χ2n) is 8.35. The number of hydrogen-bond acceptors (Lipinski definition) is 6. The Kier molecular flexibility index (Phi) is 5.65. The number of rotatable bonds is 4. The molecule has 3 aliphatic rings. The molecule has 0 spiro atoms. The minimum atomic E-state index is -0.415. The summed E-state index contributed by atoms with van der Waals surface area (Å²) in [4.78, 5) is 40.9. The summed E-state index contributed by atoms with van der Waals surface area (Å²) in [5, 5.41) is -0.403. The van der Waals surface area contributed by atoms with Gasteiger partial charge in [-0.3, -0.25) is 19.3 Å². The van der Waals surface area contributed by atoms with Gasteiger partial charge in [0.05, 0.1) is 4.91 Å². The molecule has 0 radical (unpaired) electrons. The van der Waals surface area contributed by atoms with Gasteiger partial charge in [-0.05, 0) is 68.3 Å². The number of ether oxygens (including phenoxy) is 2. The van der Waals surface area contributed by atoms with E-state index in [2.05, 4.69) is 4.57 Å². The third-order valence-corrected chi connectivity index (χ3v) is 7.07. The average molecular weight is 468 g/mol. The van der Waals surface area contributed by atoms with Gasteiger partial charge in [0.25, 0.3) is 11.1 Å². The summed E-state index contributed by atoms with van der Waals surface area (Å²) < 4.78 is 13.4. The zero-order valence-corrected chi connectivity index (χ0v) is 19.4. The van der Waals surface area contributed by atoms with Crippen molar-refractivity contribution in [2.24, 2.45) is 0 Å². The van der Waals surface area contributed by atoms with E-state index in [1.54, 1.807) is 11.0 Å². The second kappa shape index (κ2) is 8.62. The molecular formula is C24H25N3O5S. The minimum Gasteiger partial charge on any atom is -0.486 e. The highest BCUT2D eigenvalue weighted by Crippen LogP contribution is 2.36. The van der Waals surface area contributed by atoms with Gasteiger partial charge in [0.2, 0.25) is 5.91 Å². The van der Waals surface area contributed by atoms with Crippen LogP contribution in [0.4, 0.5) is 4.79 Å². The van der Waals surface area contributed by atoms with Crippen LogP contribution in [0.15, 0.2) is 29.2 Å². The molecule has 0 N–H and O–H groups in total. The fraction of sp³-hybridized carbons (Fsp3) is 0.375. The molecule has 0 bridgehead atoms. The third kappa shape index (κ3) is 4.01. The largest absolute Gasteiger partial charge is 0.486 e. The number of carbonyl (C=O) groups excluding carboxylic acids is 3. The molecule has 172 valence electrons. The number of aryl methyl sites for hydroxylation is 1. The Hall–Kier alpha value is -3.20. The molecule has 0 unspecified atom stereocenters. The van der Waals surface area contributed by atoms with E-state index in [0.29, 0.717) is 37.0 Å². The van der Waals surface area contributed by atoms with Crippen LogP contribution in [0.2, 0.25) is 0 Å². The fourth-order valence-corrected chi connectivity index (χ4v) is 5.31. The summed E-state index contributed by atoms with van der Waals surface area (Å²) in [5.41, 5.74) is 3.69. The molecule has 0 aliphatic carbocycles. The van der Waals surface area contributed by atoms with E-state index >= 15 is 0 Å². The van der Waals surface area contributed by atoms with Crippen LogP contribution in [0.5, 0.6) is 11.5 Å². The molecule has 2 saturated heterocycles. The SMILES string of the molecule is Cc1cc(/C=C2\SC(=O)N(CC(=O)N3CCCC3)C2=O)c(C)n1-c1ccc2c(c1)OCCO2. The first-order valence-electron chi connectivity index (χ1n) is 11.0. The molecule has 1 aromatic carbocycles. The molecule has 3 amide bonds. The first-order chi connectivity index (χ1) is 15.9. The Bertz CT molecular complexity index is 1180. The number of benzene rings is 1. The first-order valence-corrected chi connectivity index (χ1v) is 11.9. The second-order valence-corrected chi connectivity index (χ2v) is 9.34. The van der Waals surface area contributed by atoms with Gasteiger partial charge in [-0.25, -0.2) is 0 Å². The lowest BCUT2D eigenvalue weighted by molar-refractivity contribution is -0.135. The number of aromatic nitrogens is 1. The van der Waals surface area contributed by atoms with Gasteiger partial charge in [-0.2, -0.15) is 0 Å². The first kappa shape index (κ1) is 21.6. The topological polar surface area (TPSA) is 81.1 Å². The van der Waals surface area contributed by atoms with Gasteiger partial charge in [0.1, 0.15) is 19.8 Å².